The number of hydrogen-bond donors (Lipinski definition) is 1. The van der Waals surface area contributed by atoms with E-state index in [0.29, 0.717) is 16.0 Å². The van der Waals surface area contributed by atoms with Gasteiger partial charge in [-0.05, 0) is 35.7 Å². The molecule has 2 aromatic heterocycles. The summed E-state index contributed by atoms with van der Waals surface area (Å²) in [4.78, 5) is 18.9. The van der Waals surface area contributed by atoms with Gasteiger partial charge in [0.15, 0.2) is 0 Å². The Hall–Kier alpha value is -2.96. The monoisotopic (exact) mass is 406 g/mol. The Morgan fingerprint density at radius 1 is 1.14 bits per heavy atom. The molecule has 1 N–H and O–H groups in total. The van der Waals surface area contributed by atoms with Gasteiger partial charge >= 0.3 is 0 Å². The zero-order valence-corrected chi connectivity index (χ0v) is 16.9. The van der Waals surface area contributed by atoms with Crippen LogP contribution in [0.2, 0.25) is 0 Å². The van der Waals surface area contributed by atoms with E-state index in [1.807, 2.05) is 60.7 Å². The van der Waals surface area contributed by atoms with E-state index in [2.05, 4.69) is 11.9 Å². The van der Waals surface area contributed by atoms with Crippen LogP contribution in [0.25, 0.3) is 20.7 Å². The lowest BCUT2D eigenvalue weighted by atomic mass is 10.2. The van der Waals surface area contributed by atoms with Crippen LogP contribution in [0.5, 0.6) is 5.75 Å². The van der Waals surface area contributed by atoms with Crippen LogP contribution in [-0.2, 0) is 13.0 Å². The summed E-state index contributed by atoms with van der Waals surface area (Å²) in [7, 11) is 0. The van der Waals surface area contributed by atoms with Crippen molar-refractivity contribution in [3.63, 3.8) is 0 Å². The fourth-order valence-corrected chi connectivity index (χ4v) is 4.12. The largest absolute Gasteiger partial charge is 0.491 e. The molecule has 0 bridgehead atoms. The molecule has 6 heteroatoms. The molecule has 5 nitrogen and oxygen atoms in total. The molecule has 0 saturated carbocycles. The minimum Gasteiger partial charge on any atom is -0.491 e. The van der Waals surface area contributed by atoms with Gasteiger partial charge in [-0.1, -0.05) is 49.4 Å². The Morgan fingerprint density at radius 3 is 2.62 bits per heavy atom. The van der Waals surface area contributed by atoms with Crippen LogP contribution >= 0.6 is 11.3 Å². The molecule has 0 saturated heterocycles. The number of aryl methyl sites for hydroxylation is 1. The second kappa shape index (κ2) is 8.59. The number of aliphatic hydroxyl groups is 1. The van der Waals surface area contributed by atoms with E-state index < -0.39 is 6.10 Å². The Morgan fingerprint density at radius 2 is 1.90 bits per heavy atom. The van der Waals surface area contributed by atoms with Crippen molar-refractivity contribution in [3.8, 4) is 16.2 Å². The quantitative estimate of drug-likeness (QED) is 0.501. The average Bonchev–Trinajstić information content (AvgIpc) is 3.20. The number of thiophene rings is 1. The van der Waals surface area contributed by atoms with Gasteiger partial charge in [-0.25, -0.2) is 4.98 Å². The molecule has 0 aliphatic carbocycles. The Balaban J connectivity index is 1.47. The fraction of sp³-hybridized carbons (Fsp3) is 0.217. The third-order valence-electron chi connectivity index (χ3n) is 4.76. The second-order valence-corrected chi connectivity index (χ2v) is 7.89. The van der Waals surface area contributed by atoms with Crippen molar-refractivity contribution in [1.82, 2.24) is 9.55 Å². The highest BCUT2D eigenvalue weighted by molar-refractivity contribution is 7.21. The lowest BCUT2D eigenvalue weighted by Gasteiger charge is -2.14. The maximum Gasteiger partial charge on any atom is 0.262 e. The number of aromatic nitrogens is 2. The number of rotatable bonds is 7. The van der Waals surface area contributed by atoms with Crippen molar-refractivity contribution in [1.29, 1.82) is 0 Å². The van der Waals surface area contributed by atoms with Crippen molar-refractivity contribution in [3.05, 3.63) is 82.9 Å². The topological polar surface area (TPSA) is 64.3 Å². The lowest BCUT2D eigenvalue weighted by molar-refractivity contribution is 0.0915. The minimum absolute atomic E-state index is 0.106. The molecule has 4 rings (SSSR count). The van der Waals surface area contributed by atoms with E-state index >= 15 is 0 Å². The lowest BCUT2D eigenvalue weighted by Crippen LogP contribution is -2.30. The van der Waals surface area contributed by atoms with E-state index in [-0.39, 0.29) is 18.7 Å². The molecule has 148 valence electrons. The van der Waals surface area contributed by atoms with E-state index in [9.17, 15) is 9.90 Å². The summed E-state index contributed by atoms with van der Waals surface area (Å²) in [5, 5.41) is 10.9. The van der Waals surface area contributed by atoms with Gasteiger partial charge in [0.1, 0.15) is 23.3 Å². The highest BCUT2D eigenvalue weighted by atomic mass is 32.1. The van der Waals surface area contributed by atoms with Gasteiger partial charge in [0, 0.05) is 4.88 Å². The zero-order valence-electron chi connectivity index (χ0n) is 16.1. The number of benzene rings is 2. The van der Waals surface area contributed by atoms with Crippen LogP contribution in [0.3, 0.4) is 0 Å². The molecule has 0 spiro atoms. The van der Waals surface area contributed by atoms with Crippen LogP contribution in [0.1, 0.15) is 12.5 Å². The van der Waals surface area contributed by atoms with Crippen molar-refractivity contribution in [2.75, 3.05) is 6.61 Å². The Bertz CT molecular complexity index is 1150. The highest BCUT2D eigenvalue weighted by Crippen LogP contribution is 2.30. The standard InChI is InChI=1S/C23H22N2O3S/c1-2-16-8-10-19(11-9-16)28-14-18(26)13-25-15-24-22-20(23(25)27)12-21(29-22)17-6-4-3-5-7-17/h3-12,15,18,26H,2,13-14H2,1H3. The van der Waals surface area contributed by atoms with Crippen LogP contribution in [0.15, 0.2) is 71.8 Å². The van der Waals surface area contributed by atoms with Crippen molar-refractivity contribution in [2.45, 2.75) is 26.0 Å². The van der Waals surface area contributed by atoms with Crippen molar-refractivity contribution >= 4 is 21.6 Å². The molecule has 0 radical (unpaired) electrons. The summed E-state index contributed by atoms with van der Waals surface area (Å²) >= 11 is 1.49. The van der Waals surface area contributed by atoms with Crippen LogP contribution in [-0.4, -0.2) is 27.4 Å². The van der Waals surface area contributed by atoms with Crippen molar-refractivity contribution < 1.29 is 9.84 Å². The summed E-state index contributed by atoms with van der Waals surface area (Å²) in [6, 6.07) is 19.6. The molecule has 0 amide bonds. The maximum atomic E-state index is 12.8. The maximum absolute atomic E-state index is 12.8. The number of aliphatic hydroxyl groups excluding tert-OH is 1. The number of hydrogen-bond acceptors (Lipinski definition) is 5. The van der Waals surface area contributed by atoms with Gasteiger partial charge in [-0.15, -0.1) is 11.3 Å². The van der Waals surface area contributed by atoms with Gasteiger partial charge in [0.25, 0.3) is 5.56 Å². The van der Waals surface area contributed by atoms with Gasteiger partial charge < -0.3 is 9.84 Å². The van der Waals surface area contributed by atoms with Crippen LogP contribution in [0.4, 0.5) is 0 Å². The predicted molar refractivity (Wildman–Crippen MR) is 117 cm³/mol. The highest BCUT2D eigenvalue weighted by Gasteiger charge is 2.13. The molecule has 29 heavy (non-hydrogen) atoms. The first-order valence-corrected chi connectivity index (χ1v) is 10.4. The average molecular weight is 407 g/mol. The number of nitrogens with zero attached hydrogens (tertiary/aromatic N) is 2. The van der Waals surface area contributed by atoms with E-state index in [1.165, 1.54) is 27.8 Å². The summed E-state index contributed by atoms with van der Waals surface area (Å²) < 4.78 is 7.09. The zero-order chi connectivity index (χ0) is 20.2. The SMILES string of the molecule is CCc1ccc(OCC(O)Cn2cnc3sc(-c4ccccc4)cc3c2=O)cc1. The van der Waals surface area contributed by atoms with Crippen LogP contribution < -0.4 is 10.3 Å². The smallest absolute Gasteiger partial charge is 0.262 e. The first-order valence-electron chi connectivity index (χ1n) is 9.58. The minimum atomic E-state index is -0.815. The third-order valence-corrected chi connectivity index (χ3v) is 5.85. The molecule has 4 aromatic rings. The van der Waals surface area contributed by atoms with Crippen LogP contribution in [0, 0.1) is 0 Å². The Kier molecular flexibility index (Phi) is 5.74. The first kappa shape index (κ1) is 19.4. The van der Waals surface area contributed by atoms with E-state index in [4.69, 9.17) is 4.74 Å². The van der Waals surface area contributed by atoms with Gasteiger partial charge in [-0.2, -0.15) is 0 Å². The fourth-order valence-electron chi connectivity index (χ4n) is 3.13. The summed E-state index contributed by atoms with van der Waals surface area (Å²) in [5.74, 6) is 0.701. The molecule has 1 atom stereocenters. The molecule has 2 aromatic carbocycles. The van der Waals surface area contributed by atoms with Crippen molar-refractivity contribution in [2.24, 2.45) is 0 Å². The summed E-state index contributed by atoms with van der Waals surface area (Å²) in [6.07, 6.45) is 1.65. The van der Waals surface area contributed by atoms with E-state index in [0.717, 1.165) is 16.9 Å². The molecule has 0 fully saturated rings. The van der Waals surface area contributed by atoms with Gasteiger partial charge in [-0.3, -0.25) is 9.36 Å². The third kappa shape index (κ3) is 4.39. The molecule has 1 unspecified atom stereocenters. The molecular formula is C23H22N2O3S. The Labute approximate surface area is 172 Å². The summed E-state index contributed by atoms with van der Waals surface area (Å²) in [6.45, 7) is 2.33. The first-order chi connectivity index (χ1) is 14.1. The van der Waals surface area contributed by atoms with Gasteiger partial charge in [0.2, 0.25) is 0 Å². The van der Waals surface area contributed by atoms with Gasteiger partial charge in [0.05, 0.1) is 18.3 Å². The molecule has 0 aliphatic rings. The molecule has 0 aliphatic heterocycles. The second-order valence-electron chi connectivity index (χ2n) is 6.86. The summed E-state index contributed by atoms with van der Waals surface area (Å²) in [5.41, 5.74) is 2.14. The van der Waals surface area contributed by atoms with E-state index in [1.54, 1.807) is 0 Å². The molecule has 2 heterocycles. The number of ether oxygens (including phenoxy) is 1. The number of fused-ring (bicyclic) bond motifs is 1. The molecular weight excluding hydrogens is 384 g/mol. The normalized spacial score (nSPS) is 12.2. The predicted octanol–water partition coefficient (Wildman–Crippen LogP) is 4.13.